The molecular weight excluding hydrogens is 1470 g/mol. The maximum absolute atomic E-state index is 9.98. The molecule has 122 heavy (non-hydrogen) atoms. The van der Waals surface area contributed by atoms with Gasteiger partial charge in [0.25, 0.3) is 6.71 Å². The van der Waals surface area contributed by atoms with Crippen molar-refractivity contribution in [1.82, 2.24) is 4.57 Å². The third kappa shape index (κ3) is 15.5. The van der Waals surface area contributed by atoms with Crippen LogP contribution in [0, 0.1) is 0 Å². The van der Waals surface area contributed by atoms with Crippen molar-refractivity contribution in [2.45, 2.75) is 262 Å². The van der Waals surface area contributed by atoms with Gasteiger partial charge in [0.15, 0.2) is 0 Å². The highest BCUT2D eigenvalue weighted by Crippen LogP contribution is 2.57. The number of rotatable bonds is 9. The van der Waals surface area contributed by atoms with Crippen LogP contribution in [0.2, 0.25) is 0 Å². The van der Waals surface area contributed by atoms with E-state index in [1.54, 1.807) is 0 Å². The van der Waals surface area contributed by atoms with Gasteiger partial charge in [0, 0.05) is 55.8 Å². The van der Waals surface area contributed by atoms with Crippen molar-refractivity contribution in [2.24, 2.45) is 0 Å². The monoisotopic (exact) mass is 1610 g/mol. The van der Waals surface area contributed by atoms with Crippen molar-refractivity contribution in [3.05, 3.63) is 310 Å². The van der Waals surface area contributed by atoms with Crippen LogP contribution >= 0.6 is 0 Å². The number of hydrogen-bond donors (Lipinski definition) is 0. The maximum atomic E-state index is 9.98. The topological polar surface area (TPSA) is 11.4 Å². The fraction of sp³-hybridized carbons (Fsp3) is 0.339. The zero-order valence-corrected chi connectivity index (χ0v) is 78.8. The lowest BCUT2D eigenvalue weighted by Gasteiger charge is -2.46. The molecule has 4 heteroatoms. The molecule has 0 fully saturated rings. The lowest BCUT2D eigenvalue weighted by Crippen LogP contribution is -2.61. The normalized spacial score (nSPS) is 14.3. The Balaban J connectivity index is 1.20. The van der Waals surface area contributed by atoms with Crippen LogP contribution in [-0.2, 0) is 54.1 Å². The van der Waals surface area contributed by atoms with Gasteiger partial charge < -0.3 is 14.4 Å². The summed E-state index contributed by atoms with van der Waals surface area (Å²) in [4.78, 5) is 5.31. The molecule has 3 heterocycles. The van der Waals surface area contributed by atoms with Gasteiger partial charge >= 0.3 is 0 Å². The summed E-state index contributed by atoms with van der Waals surface area (Å²) in [6.07, 6.45) is 0. The number of fused-ring (bicyclic) bond motifs is 7. The van der Waals surface area contributed by atoms with Gasteiger partial charge in [-0.3, -0.25) is 0 Å². The van der Waals surface area contributed by atoms with Crippen LogP contribution in [0.3, 0.4) is 0 Å². The standard InChI is InChI=1S/C118H132BN3/c1-109(2,3)80-51-45-74(46-52-80)89-39-34-41-91(79-63-86(115(19,20)21)68-87(64-79)116(22,23)24)107(89)121-102-66-77(78-61-84(113(13,14)15)67-85(62-78)114(16,17)18)50-58-98(102)119-97-57-49-76(73-37-32-31-33-38-73)65-101(97)122(104-72-88(71-103(121)106(104)119)120-99-59-55-82(111(7,8)9)69-93(99)94-70-83(112(10,11)12)56-60-100(94)120)108-90(75-47-53-81(54-48-75)110(4,5)6)40-35-42-92(108)105-95(117(25,26)27)43-36-44-96(105)118(28,29)30/h31-72H,1-30H3/i31D,32D,33D,37D,38D. The predicted octanol–water partition coefficient (Wildman–Crippen LogP) is 31.8. The second-order valence-electron chi connectivity index (χ2n) is 45.7. The Morgan fingerprint density at radius 3 is 0.951 bits per heavy atom. The molecule has 0 aliphatic carbocycles. The molecule has 14 aromatic rings. The summed E-state index contributed by atoms with van der Waals surface area (Å²) in [5.41, 5.74) is 33.7. The van der Waals surface area contributed by atoms with Crippen molar-refractivity contribution in [3.8, 4) is 72.4 Å². The second-order valence-corrected chi connectivity index (χ2v) is 45.7. The van der Waals surface area contributed by atoms with Crippen molar-refractivity contribution in [3.63, 3.8) is 0 Å². The third-order valence-corrected chi connectivity index (χ3v) is 26.2. The van der Waals surface area contributed by atoms with E-state index in [1.807, 2.05) is 6.07 Å². The molecule has 0 atom stereocenters. The fourth-order valence-corrected chi connectivity index (χ4v) is 18.7. The molecule has 0 amide bonds. The summed E-state index contributed by atoms with van der Waals surface area (Å²) < 4.78 is 50.5. The van der Waals surface area contributed by atoms with Crippen molar-refractivity contribution < 1.29 is 6.85 Å². The van der Waals surface area contributed by atoms with Crippen LogP contribution in [0.5, 0.6) is 0 Å². The van der Waals surface area contributed by atoms with Gasteiger partial charge in [-0.15, -0.1) is 0 Å². The van der Waals surface area contributed by atoms with Crippen molar-refractivity contribution >= 4 is 79.0 Å². The molecule has 0 radical (unpaired) electrons. The second kappa shape index (κ2) is 29.5. The molecule has 1 aromatic heterocycles. The first-order chi connectivity index (χ1) is 58.9. The van der Waals surface area contributed by atoms with Crippen LogP contribution in [0.1, 0.15) is 270 Å². The van der Waals surface area contributed by atoms with Crippen LogP contribution in [-0.4, -0.2) is 11.3 Å². The number of hydrogen-bond acceptors (Lipinski definition) is 2. The highest BCUT2D eigenvalue weighted by Gasteiger charge is 2.47. The Hall–Kier alpha value is -10.7. The molecule has 622 valence electrons. The minimum atomic E-state index is -0.500. The first-order valence-electron chi connectivity index (χ1n) is 47.1. The van der Waals surface area contributed by atoms with Gasteiger partial charge in [-0.2, -0.15) is 0 Å². The van der Waals surface area contributed by atoms with E-state index in [1.165, 1.54) is 66.4 Å². The number of aromatic nitrogens is 1. The third-order valence-electron chi connectivity index (χ3n) is 26.2. The van der Waals surface area contributed by atoms with Gasteiger partial charge in [-0.25, -0.2) is 0 Å². The molecule has 16 rings (SSSR count). The van der Waals surface area contributed by atoms with Gasteiger partial charge in [0.05, 0.1) is 34.9 Å². The Kier molecular flexibility index (Phi) is 19.0. The number of benzene rings is 13. The minimum absolute atomic E-state index is 0.127. The predicted molar refractivity (Wildman–Crippen MR) is 534 cm³/mol. The SMILES string of the molecule is [2H]c1c([2H])c([2H])c(-c2ccc3c(c2)N(c2c(-c4ccc(C(C)(C)C)cc4)cccc2-c2c(C(C)(C)C)cccc2C(C)(C)C)c2cc(-n4c5ccc(C(C)(C)C)cc5c5cc(C(C)(C)C)ccc54)cc4c2B3c2ccc(-c3cc(C(C)(C)C)cc(C(C)(C)C)c3)cc2N4c2c(-c3ccc(C(C)(C)C)cc3)cccc2-c2cc(C(C)(C)C)cc(C(C)(C)C)c2)c([2H])c1[2H]. The summed E-state index contributed by atoms with van der Waals surface area (Å²) in [7, 11) is 0. The zero-order chi connectivity index (χ0) is 92.1. The van der Waals surface area contributed by atoms with E-state index in [9.17, 15) is 5.48 Å². The van der Waals surface area contributed by atoms with E-state index in [-0.39, 0.29) is 83.9 Å². The molecule has 0 saturated carbocycles. The summed E-state index contributed by atoms with van der Waals surface area (Å²) in [5, 5.41) is 2.34. The Morgan fingerprint density at radius 2 is 0.574 bits per heavy atom. The first kappa shape index (κ1) is 78.6. The van der Waals surface area contributed by atoms with Gasteiger partial charge in [0.1, 0.15) is 0 Å². The molecular formula is C118H132BN3. The van der Waals surface area contributed by atoms with E-state index in [0.29, 0.717) is 5.56 Å². The summed E-state index contributed by atoms with van der Waals surface area (Å²) in [6, 6.07) is 86.0. The van der Waals surface area contributed by atoms with Gasteiger partial charge in [-0.1, -0.05) is 414 Å². The number of para-hydroxylation sites is 2. The van der Waals surface area contributed by atoms with E-state index in [2.05, 4.69) is 440 Å². The fourth-order valence-electron chi connectivity index (χ4n) is 18.7. The molecule has 13 aromatic carbocycles. The van der Waals surface area contributed by atoms with Gasteiger partial charge in [0.2, 0.25) is 0 Å². The summed E-state index contributed by atoms with van der Waals surface area (Å²) in [6.45, 7) is 69.3. The molecule has 0 bridgehead atoms. The van der Waals surface area contributed by atoms with E-state index in [4.69, 9.17) is 1.37 Å². The van der Waals surface area contributed by atoms with Crippen molar-refractivity contribution in [1.29, 1.82) is 0 Å². The smallest absolute Gasteiger partial charge is 0.252 e. The molecule has 3 nitrogen and oxygen atoms in total. The van der Waals surface area contributed by atoms with E-state index in [0.717, 1.165) is 123 Å². The molecule has 0 N–H and O–H groups in total. The van der Waals surface area contributed by atoms with Crippen LogP contribution in [0.15, 0.2) is 255 Å². The van der Waals surface area contributed by atoms with E-state index >= 15 is 0 Å². The molecule has 2 aliphatic rings. The first-order valence-corrected chi connectivity index (χ1v) is 44.6. The average molecular weight is 1610 g/mol. The van der Waals surface area contributed by atoms with Crippen LogP contribution in [0.4, 0.5) is 34.1 Å². The summed E-state index contributed by atoms with van der Waals surface area (Å²) in [5.74, 6) is 0. The Bertz CT molecular complexity index is 6580. The minimum Gasteiger partial charge on any atom is -0.310 e. The molecule has 0 saturated heterocycles. The number of anilines is 6. The Labute approximate surface area is 740 Å². The Morgan fingerprint density at radius 1 is 0.246 bits per heavy atom. The quantitative estimate of drug-likeness (QED) is 0.133. The molecule has 0 spiro atoms. The molecule has 2 aliphatic heterocycles. The highest BCUT2D eigenvalue weighted by molar-refractivity contribution is 7.00. The van der Waals surface area contributed by atoms with Crippen molar-refractivity contribution in [2.75, 3.05) is 9.80 Å². The maximum Gasteiger partial charge on any atom is 0.252 e. The van der Waals surface area contributed by atoms with Crippen LogP contribution in [0.25, 0.3) is 94.3 Å². The van der Waals surface area contributed by atoms with E-state index < -0.39 is 12.8 Å². The largest absolute Gasteiger partial charge is 0.310 e. The zero-order valence-electron chi connectivity index (χ0n) is 83.8. The lowest BCUT2D eigenvalue weighted by molar-refractivity contribution is 0.568. The summed E-state index contributed by atoms with van der Waals surface area (Å²) >= 11 is 0. The average Bonchev–Trinajstić information content (AvgIpc) is 1.36. The molecule has 0 unspecified atom stereocenters. The lowest BCUT2D eigenvalue weighted by atomic mass is 9.33. The van der Waals surface area contributed by atoms with Crippen LogP contribution < -0.4 is 26.2 Å². The number of nitrogens with zero attached hydrogens (tertiary/aromatic N) is 3. The van der Waals surface area contributed by atoms with Gasteiger partial charge in [-0.05, 0) is 219 Å². The highest BCUT2D eigenvalue weighted by atomic mass is 15.2.